The zero-order valence-electron chi connectivity index (χ0n) is 10.4. The highest BCUT2D eigenvalue weighted by molar-refractivity contribution is 5.91. The van der Waals surface area contributed by atoms with Gasteiger partial charge in [0.05, 0.1) is 0 Å². The number of likely N-dealkylation sites (N-methyl/N-ethyl adjacent to an activating group) is 1. The van der Waals surface area contributed by atoms with Crippen LogP contribution in [0.15, 0.2) is 0 Å². The van der Waals surface area contributed by atoms with Gasteiger partial charge in [-0.2, -0.15) is 0 Å². The molecule has 2 aliphatic heterocycles. The van der Waals surface area contributed by atoms with E-state index >= 15 is 0 Å². The van der Waals surface area contributed by atoms with Gasteiger partial charge in [-0.1, -0.05) is 19.3 Å². The molecule has 3 rings (SSSR count). The Morgan fingerprint density at radius 2 is 1.88 bits per heavy atom. The molecule has 3 aliphatic rings. The van der Waals surface area contributed by atoms with Crippen LogP contribution in [0, 0.1) is 11.8 Å². The first-order valence-corrected chi connectivity index (χ1v) is 6.71. The largest absolute Gasteiger partial charge is 0.340 e. The van der Waals surface area contributed by atoms with Crippen molar-refractivity contribution in [2.24, 2.45) is 11.8 Å². The van der Waals surface area contributed by atoms with E-state index in [0.717, 1.165) is 24.9 Å². The average Bonchev–Trinajstić information content (AvgIpc) is 2.49. The van der Waals surface area contributed by atoms with E-state index in [1.54, 1.807) is 11.9 Å². The minimum absolute atomic E-state index is 0.111. The van der Waals surface area contributed by atoms with Crippen LogP contribution >= 0.6 is 0 Å². The minimum Gasteiger partial charge on any atom is -0.340 e. The lowest BCUT2D eigenvalue weighted by molar-refractivity contribution is -0.147. The van der Waals surface area contributed by atoms with Gasteiger partial charge in [0.15, 0.2) is 0 Å². The minimum atomic E-state index is -0.176. The summed E-state index contributed by atoms with van der Waals surface area (Å²) in [6.07, 6.45) is 5.32. The van der Waals surface area contributed by atoms with E-state index in [9.17, 15) is 9.59 Å². The molecule has 0 N–H and O–H groups in total. The molecule has 2 saturated heterocycles. The normalized spacial score (nSPS) is 30.4. The van der Waals surface area contributed by atoms with E-state index in [-0.39, 0.29) is 17.9 Å². The second kappa shape index (κ2) is 4.00. The molecule has 0 aromatic rings. The van der Waals surface area contributed by atoms with Crippen LogP contribution in [-0.4, -0.2) is 47.8 Å². The molecule has 0 spiro atoms. The van der Waals surface area contributed by atoms with Crippen molar-refractivity contribution < 1.29 is 9.59 Å². The zero-order valence-corrected chi connectivity index (χ0v) is 10.4. The van der Waals surface area contributed by atoms with Crippen LogP contribution in [0.1, 0.15) is 32.1 Å². The predicted molar refractivity (Wildman–Crippen MR) is 63.2 cm³/mol. The summed E-state index contributed by atoms with van der Waals surface area (Å²) in [5.41, 5.74) is 0. The van der Waals surface area contributed by atoms with Gasteiger partial charge in [-0.25, -0.2) is 0 Å². The Bertz CT molecular complexity index is 345. The second-order valence-electron chi connectivity index (χ2n) is 5.75. The average molecular weight is 236 g/mol. The number of carbonyl (C=O) groups is 2. The summed E-state index contributed by atoms with van der Waals surface area (Å²) < 4.78 is 0. The SMILES string of the molecule is CN1C(=O)CCC1C(=O)N1CC(C2CCC2)C1. The molecule has 2 heterocycles. The quantitative estimate of drug-likeness (QED) is 0.713. The fraction of sp³-hybridized carbons (Fsp3) is 0.846. The van der Waals surface area contributed by atoms with Gasteiger partial charge in [-0.05, 0) is 18.3 Å². The Kier molecular flexibility index (Phi) is 2.60. The number of carbonyl (C=O) groups excluding carboxylic acids is 2. The van der Waals surface area contributed by atoms with Crippen molar-refractivity contribution in [1.82, 2.24) is 9.80 Å². The maximum atomic E-state index is 12.2. The lowest BCUT2D eigenvalue weighted by Gasteiger charge is -2.47. The highest BCUT2D eigenvalue weighted by atomic mass is 16.2. The molecule has 1 saturated carbocycles. The summed E-state index contributed by atoms with van der Waals surface area (Å²) >= 11 is 0. The van der Waals surface area contributed by atoms with Crippen molar-refractivity contribution in [3.05, 3.63) is 0 Å². The molecular weight excluding hydrogens is 216 g/mol. The van der Waals surface area contributed by atoms with Gasteiger partial charge < -0.3 is 9.80 Å². The Hall–Kier alpha value is -1.06. The van der Waals surface area contributed by atoms with Crippen LogP contribution in [-0.2, 0) is 9.59 Å². The molecule has 2 amide bonds. The third-order valence-corrected chi connectivity index (χ3v) is 4.82. The molecule has 4 heteroatoms. The summed E-state index contributed by atoms with van der Waals surface area (Å²) in [5, 5.41) is 0. The van der Waals surface area contributed by atoms with E-state index < -0.39 is 0 Å². The van der Waals surface area contributed by atoms with Crippen LogP contribution in [0.2, 0.25) is 0 Å². The van der Waals surface area contributed by atoms with Crippen molar-refractivity contribution in [3.63, 3.8) is 0 Å². The van der Waals surface area contributed by atoms with Crippen molar-refractivity contribution in [2.75, 3.05) is 20.1 Å². The number of hydrogen-bond donors (Lipinski definition) is 0. The number of nitrogens with zero attached hydrogens (tertiary/aromatic N) is 2. The van der Waals surface area contributed by atoms with Gasteiger partial charge in [-0.3, -0.25) is 9.59 Å². The second-order valence-corrected chi connectivity index (χ2v) is 5.75. The Labute approximate surface area is 102 Å². The van der Waals surface area contributed by atoms with Crippen LogP contribution < -0.4 is 0 Å². The third-order valence-electron chi connectivity index (χ3n) is 4.82. The molecule has 0 bridgehead atoms. The molecule has 4 nitrogen and oxygen atoms in total. The Morgan fingerprint density at radius 1 is 1.18 bits per heavy atom. The predicted octanol–water partition coefficient (Wildman–Crippen LogP) is 0.866. The monoisotopic (exact) mass is 236 g/mol. The first-order chi connectivity index (χ1) is 8.16. The van der Waals surface area contributed by atoms with Gasteiger partial charge in [0.25, 0.3) is 0 Å². The molecule has 0 radical (unpaired) electrons. The summed E-state index contributed by atoms with van der Waals surface area (Å²) in [6, 6.07) is -0.176. The standard InChI is InChI=1S/C13H20N2O2/c1-14-11(5-6-12(14)16)13(17)15-7-10(8-15)9-3-2-4-9/h9-11H,2-8H2,1H3. The van der Waals surface area contributed by atoms with Gasteiger partial charge in [0.2, 0.25) is 11.8 Å². The summed E-state index contributed by atoms with van der Waals surface area (Å²) in [7, 11) is 1.75. The van der Waals surface area contributed by atoms with E-state index in [0.29, 0.717) is 12.8 Å². The van der Waals surface area contributed by atoms with Crippen molar-refractivity contribution in [2.45, 2.75) is 38.1 Å². The molecule has 1 aliphatic carbocycles. The maximum Gasteiger partial charge on any atom is 0.245 e. The molecule has 17 heavy (non-hydrogen) atoms. The molecule has 3 fully saturated rings. The fourth-order valence-electron chi connectivity index (χ4n) is 3.21. The van der Waals surface area contributed by atoms with E-state index in [4.69, 9.17) is 0 Å². The smallest absolute Gasteiger partial charge is 0.245 e. The zero-order chi connectivity index (χ0) is 12.0. The summed E-state index contributed by atoms with van der Waals surface area (Å²) in [5.74, 6) is 1.91. The number of hydrogen-bond acceptors (Lipinski definition) is 2. The van der Waals surface area contributed by atoms with Crippen molar-refractivity contribution in [1.29, 1.82) is 0 Å². The van der Waals surface area contributed by atoms with Crippen molar-refractivity contribution >= 4 is 11.8 Å². The van der Waals surface area contributed by atoms with Crippen LogP contribution in [0.4, 0.5) is 0 Å². The lowest BCUT2D eigenvalue weighted by atomic mass is 9.72. The van der Waals surface area contributed by atoms with Crippen LogP contribution in [0.25, 0.3) is 0 Å². The Morgan fingerprint density at radius 3 is 2.35 bits per heavy atom. The number of amides is 2. The molecule has 94 valence electrons. The molecule has 0 aromatic carbocycles. The number of likely N-dealkylation sites (tertiary alicyclic amines) is 2. The topological polar surface area (TPSA) is 40.6 Å². The molecule has 0 aromatic heterocycles. The molecule has 1 unspecified atom stereocenters. The van der Waals surface area contributed by atoms with Gasteiger partial charge >= 0.3 is 0 Å². The highest BCUT2D eigenvalue weighted by Crippen LogP contribution is 2.38. The van der Waals surface area contributed by atoms with Crippen LogP contribution in [0.5, 0.6) is 0 Å². The summed E-state index contributed by atoms with van der Waals surface area (Å²) in [6.45, 7) is 1.87. The van der Waals surface area contributed by atoms with Crippen LogP contribution in [0.3, 0.4) is 0 Å². The summed E-state index contributed by atoms with van der Waals surface area (Å²) in [4.78, 5) is 27.2. The first kappa shape index (κ1) is 11.1. The van der Waals surface area contributed by atoms with Crippen molar-refractivity contribution in [3.8, 4) is 0 Å². The van der Waals surface area contributed by atoms with Gasteiger partial charge in [0, 0.05) is 26.6 Å². The molecular formula is C13H20N2O2. The number of rotatable bonds is 2. The lowest BCUT2D eigenvalue weighted by Crippen LogP contribution is -2.58. The van der Waals surface area contributed by atoms with E-state index in [2.05, 4.69) is 0 Å². The third kappa shape index (κ3) is 1.74. The van der Waals surface area contributed by atoms with Gasteiger partial charge in [0.1, 0.15) is 6.04 Å². The fourth-order valence-corrected chi connectivity index (χ4v) is 3.21. The van der Waals surface area contributed by atoms with E-state index in [1.165, 1.54) is 19.3 Å². The highest BCUT2D eigenvalue weighted by Gasteiger charge is 2.43. The molecule has 1 atom stereocenters. The van der Waals surface area contributed by atoms with E-state index in [1.807, 2.05) is 4.90 Å². The maximum absolute atomic E-state index is 12.2. The first-order valence-electron chi connectivity index (χ1n) is 6.71. The van der Waals surface area contributed by atoms with Gasteiger partial charge in [-0.15, -0.1) is 0 Å². The Balaban J connectivity index is 1.52.